The molecule has 0 amide bonds. The number of nitrogens with zero attached hydrogens (tertiary/aromatic N) is 1. The molecule has 2 aromatic carbocycles. The maximum atomic E-state index is 14.2. The van der Waals surface area contributed by atoms with Crippen molar-refractivity contribution >= 4 is 5.96 Å². The molecule has 0 spiro atoms. The van der Waals surface area contributed by atoms with Crippen LogP contribution in [0, 0.1) is 5.82 Å². The summed E-state index contributed by atoms with van der Waals surface area (Å²) < 4.78 is 19.7. The van der Waals surface area contributed by atoms with Crippen molar-refractivity contribution in [1.29, 1.82) is 0 Å². The molecule has 5 heteroatoms. The van der Waals surface area contributed by atoms with Gasteiger partial charge in [-0.05, 0) is 42.5 Å². The van der Waals surface area contributed by atoms with Gasteiger partial charge in [-0.25, -0.2) is 4.39 Å². The Morgan fingerprint density at radius 2 is 1.78 bits per heavy atom. The van der Waals surface area contributed by atoms with Crippen LogP contribution in [0.3, 0.4) is 0 Å². The van der Waals surface area contributed by atoms with Gasteiger partial charge in [-0.1, -0.05) is 42.5 Å². The van der Waals surface area contributed by atoms with Gasteiger partial charge in [-0.15, -0.1) is 0 Å². The maximum Gasteiger partial charge on any atom is 0.191 e. The minimum Gasteiger partial charge on any atom is -0.377 e. The first-order valence-corrected chi connectivity index (χ1v) is 9.52. The molecule has 144 valence electrons. The van der Waals surface area contributed by atoms with Crippen molar-refractivity contribution in [3.63, 3.8) is 0 Å². The number of halogens is 1. The lowest BCUT2D eigenvalue weighted by atomic mass is 9.95. The number of guanidine groups is 1. The summed E-state index contributed by atoms with van der Waals surface area (Å²) in [4.78, 5) is 4.31. The van der Waals surface area contributed by atoms with E-state index in [-0.39, 0.29) is 11.2 Å². The summed E-state index contributed by atoms with van der Waals surface area (Å²) in [6, 6.07) is 15.3. The summed E-state index contributed by atoms with van der Waals surface area (Å²) in [7, 11) is 1.75. The van der Waals surface area contributed by atoms with Crippen LogP contribution in [-0.2, 0) is 23.3 Å². The number of nitrogens with one attached hydrogen (secondary N) is 2. The van der Waals surface area contributed by atoms with E-state index in [1.165, 1.54) is 17.2 Å². The Hall–Kier alpha value is -2.40. The van der Waals surface area contributed by atoms with E-state index >= 15 is 0 Å². The first kappa shape index (κ1) is 19.4. The van der Waals surface area contributed by atoms with Crippen LogP contribution < -0.4 is 10.6 Å². The fraction of sp³-hybridized carbons (Fsp3) is 0.409. The van der Waals surface area contributed by atoms with E-state index in [4.69, 9.17) is 4.74 Å². The largest absolute Gasteiger partial charge is 0.377 e. The Morgan fingerprint density at radius 1 is 1.07 bits per heavy atom. The Labute approximate surface area is 160 Å². The van der Waals surface area contributed by atoms with Crippen molar-refractivity contribution in [2.45, 2.75) is 38.3 Å². The molecule has 1 aliphatic carbocycles. The molecular formula is C22H28FN3O. The summed E-state index contributed by atoms with van der Waals surface area (Å²) in [5.74, 6) is 0.605. The number of benzene rings is 2. The van der Waals surface area contributed by atoms with E-state index in [9.17, 15) is 4.39 Å². The molecular weight excluding hydrogens is 341 g/mol. The molecule has 2 aromatic rings. The highest BCUT2D eigenvalue weighted by Crippen LogP contribution is 2.48. The van der Waals surface area contributed by atoms with E-state index in [0.717, 1.165) is 24.4 Å². The van der Waals surface area contributed by atoms with Crippen LogP contribution in [0.2, 0.25) is 0 Å². The quantitative estimate of drug-likeness (QED) is 0.550. The van der Waals surface area contributed by atoms with Gasteiger partial charge in [-0.3, -0.25) is 4.99 Å². The van der Waals surface area contributed by atoms with Gasteiger partial charge >= 0.3 is 0 Å². The monoisotopic (exact) mass is 369 g/mol. The van der Waals surface area contributed by atoms with Crippen LogP contribution in [0.25, 0.3) is 0 Å². The minimum atomic E-state index is -0.121. The SMILES string of the molecule is CCOCc1ccccc1CNC(=NC)NCC1(c2ccccc2F)CC1. The third kappa shape index (κ3) is 4.86. The lowest BCUT2D eigenvalue weighted by Gasteiger charge is -2.20. The standard InChI is InChI=1S/C22H28FN3O/c1-3-27-15-18-9-5-4-8-17(18)14-25-21(24-2)26-16-22(12-13-22)19-10-6-7-11-20(19)23/h4-11H,3,12-16H2,1-2H3,(H2,24,25,26). The average molecular weight is 369 g/mol. The molecule has 0 saturated heterocycles. The Bertz CT molecular complexity index is 787. The first-order chi connectivity index (χ1) is 13.2. The minimum absolute atomic E-state index is 0.115. The van der Waals surface area contributed by atoms with Gasteiger partial charge in [-0.2, -0.15) is 0 Å². The van der Waals surface area contributed by atoms with Gasteiger partial charge in [0.05, 0.1) is 6.61 Å². The number of aliphatic imine (C=N–C) groups is 1. The summed E-state index contributed by atoms with van der Waals surface area (Å²) in [5, 5.41) is 6.73. The molecule has 2 N–H and O–H groups in total. The van der Waals surface area contributed by atoms with Gasteiger partial charge in [0.2, 0.25) is 0 Å². The first-order valence-electron chi connectivity index (χ1n) is 9.52. The molecule has 27 heavy (non-hydrogen) atoms. The molecule has 1 saturated carbocycles. The maximum absolute atomic E-state index is 14.2. The third-order valence-corrected chi connectivity index (χ3v) is 5.14. The molecule has 1 fully saturated rings. The van der Waals surface area contributed by atoms with E-state index in [1.807, 2.05) is 31.2 Å². The summed E-state index contributed by atoms with van der Waals surface area (Å²) in [6.07, 6.45) is 1.99. The molecule has 3 rings (SSSR count). The molecule has 0 atom stereocenters. The van der Waals surface area contributed by atoms with Crippen LogP contribution in [0.5, 0.6) is 0 Å². The molecule has 4 nitrogen and oxygen atoms in total. The molecule has 0 radical (unpaired) electrons. The van der Waals surface area contributed by atoms with Crippen molar-refractivity contribution in [3.05, 3.63) is 71.0 Å². The van der Waals surface area contributed by atoms with Gasteiger partial charge in [0, 0.05) is 32.2 Å². The summed E-state index contributed by atoms with van der Waals surface area (Å²) >= 11 is 0. The lowest BCUT2D eigenvalue weighted by molar-refractivity contribution is 0.133. The predicted octanol–water partition coefficient (Wildman–Crippen LogP) is 3.76. The van der Waals surface area contributed by atoms with Crippen LogP contribution >= 0.6 is 0 Å². The molecule has 0 aromatic heterocycles. The van der Waals surface area contributed by atoms with Gasteiger partial charge in [0.15, 0.2) is 5.96 Å². The molecule has 0 aliphatic heterocycles. The van der Waals surface area contributed by atoms with Crippen LogP contribution in [0.15, 0.2) is 53.5 Å². The van der Waals surface area contributed by atoms with E-state index in [1.54, 1.807) is 13.1 Å². The molecule has 1 aliphatic rings. The highest BCUT2D eigenvalue weighted by molar-refractivity contribution is 5.79. The normalized spacial score (nSPS) is 15.4. The van der Waals surface area contributed by atoms with Crippen LogP contribution in [0.4, 0.5) is 4.39 Å². The Morgan fingerprint density at radius 3 is 2.44 bits per heavy atom. The number of hydrogen-bond donors (Lipinski definition) is 2. The van der Waals surface area contributed by atoms with Crippen molar-refractivity contribution in [1.82, 2.24) is 10.6 Å². The smallest absolute Gasteiger partial charge is 0.191 e. The highest BCUT2D eigenvalue weighted by Gasteiger charge is 2.45. The fourth-order valence-electron chi connectivity index (χ4n) is 3.32. The molecule has 0 heterocycles. The lowest BCUT2D eigenvalue weighted by Crippen LogP contribution is -2.41. The second-order valence-corrected chi connectivity index (χ2v) is 6.95. The molecule has 0 bridgehead atoms. The zero-order valence-electron chi connectivity index (χ0n) is 16.1. The predicted molar refractivity (Wildman–Crippen MR) is 107 cm³/mol. The van der Waals surface area contributed by atoms with Crippen molar-refractivity contribution in [2.24, 2.45) is 4.99 Å². The van der Waals surface area contributed by atoms with Crippen molar-refractivity contribution < 1.29 is 9.13 Å². The zero-order valence-corrected chi connectivity index (χ0v) is 16.1. The van der Waals surface area contributed by atoms with Crippen molar-refractivity contribution in [3.8, 4) is 0 Å². The fourth-order valence-corrected chi connectivity index (χ4v) is 3.32. The summed E-state index contributed by atoms with van der Waals surface area (Å²) in [6.45, 7) is 4.64. The highest BCUT2D eigenvalue weighted by atomic mass is 19.1. The van der Waals surface area contributed by atoms with Crippen LogP contribution in [-0.4, -0.2) is 26.2 Å². The number of rotatable bonds is 8. The second-order valence-electron chi connectivity index (χ2n) is 6.95. The number of ether oxygens (including phenoxy) is 1. The average Bonchev–Trinajstić information content (AvgIpc) is 3.48. The topological polar surface area (TPSA) is 45.6 Å². The Balaban J connectivity index is 1.57. The van der Waals surface area contributed by atoms with Gasteiger partial charge < -0.3 is 15.4 Å². The van der Waals surface area contributed by atoms with Gasteiger partial charge in [0.1, 0.15) is 5.82 Å². The van der Waals surface area contributed by atoms with E-state index in [0.29, 0.717) is 26.3 Å². The molecule has 0 unspecified atom stereocenters. The summed E-state index contributed by atoms with van der Waals surface area (Å²) in [5.41, 5.74) is 3.04. The number of hydrogen-bond acceptors (Lipinski definition) is 2. The second kappa shape index (κ2) is 9.00. The van der Waals surface area contributed by atoms with Gasteiger partial charge in [0.25, 0.3) is 0 Å². The Kier molecular flexibility index (Phi) is 6.45. The zero-order chi connectivity index (χ0) is 19.1. The third-order valence-electron chi connectivity index (χ3n) is 5.14. The van der Waals surface area contributed by atoms with Crippen molar-refractivity contribution in [2.75, 3.05) is 20.2 Å². The van der Waals surface area contributed by atoms with E-state index < -0.39 is 0 Å². The van der Waals surface area contributed by atoms with Crippen LogP contribution in [0.1, 0.15) is 36.5 Å². The van der Waals surface area contributed by atoms with E-state index in [2.05, 4.69) is 27.8 Å².